The van der Waals surface area contributed by atoms with Crippen LogP contribution in [0.1, 0.15) is 11.1 Å². The van der Waals surface area contributed by atoms with Crippen LogP contribution in [0.5, 0.6) is 0 Å². The smallest absolute Gasteiger partial charge is 0.274 e. The predicted octanol–water partition coefficient (Wildman–Crippen LogP) is 3.47. The van der Waals surface area contributed by atoms with E-state index >= 15 is 0 Å². The summed E-state index contributed by atoms with van der Waals surface area (Å²) < 4.78 is 1.94. The number of benzene rings is 2. The van der Waals surface area contributed by atoms with E-state index in [0.29, 0.717) is 17.7 Å². The molecule has 0 spiro atoms. The highest BCUT2D eigenvalue weighted by Crippen LogP contribution is 2.23. The lowest BCUT2D eigenvalue weighted by Crippen LogP contribution is -2.01. The molecule has 2 aromatic carbocycles. The lowest BCUT2D eigenvalue weighted by atomic mass is 10.1. The molecule has 0 aliphatic carbocycles. The van der Waals surface area contributed by atoms with Crippen LogP contribution in [0, 0.1) is 21.4 Å². The second kappa shape index (κ2) is 5.10. The van der Waals surface area contributed by atoms with E-state index < -0.39 is 0 Å². The molecule has 21 heavy (non-hydrogen) atoms. The second-order valence-electron chi connectivity index (χ2n) is 4.71. The Morgan fingerprint density at radius 2 is 2.00 bits per heavy atom. The zero-order valence-corrected chi connectivity index (χ0v) is 11.1. The van der Waals surface area contributed by atoms with E-state index in [1.165, 1.54) is 6.07 Å². The monoisotopic (exact) mass is 277 g/mol. The molecule has 0 radical (unpaired) electrons. The van der Waals surface area contributed by atoms with Gasteiger partial charge in [0.2, 0.25) is 0 Å². The fourth-order valence-corrected chi connectivity index (χ4v) is 2.41. The molecule has 3 aromatic rings. The Bertz CT molecular complexity index is 875. The normalized spacial score (nSPS) is 10.4. The molecule has 0 saturated heterocycles. The molecule has 0 fully saturated rings. The van der Waals surface area contributed by atoms with Crippen molar-refractivity contribution < 1.29 is 4.92 Å². The van der Waals surface area contributed by atoms with Gasteiger partial charge in [0.05, 0.1) is 23.1 Å². The summed E-state index contributed by atoms with van der Waals surface area (Å²) in [6.07, 6.45) is 1.88. The van der Waals surface area contributed by atoms with Gasteiger partial charge in [-0.1, -0.05) is 18.2 Å². The second-order valence-corrected chi connectivity index (χ2v) is 4.71. The van der Waals surface area contributed by atoms with Crippen molar-refractivity contribution in [1.29, 1.82) is 5.26 Å². The van der Waals surface area contributed by atoms with Gasteiger partial charge < -0.3 is 4.57 Å². The Labute approximate surface area is 120 Å². The fraction of sp³-hybridized carbons (Fsp3) is 0.0625. The molecule has 3 rings (SSSR count). The molecule has 0 unspecified atom stereocenters. The van der Waals surface area contributed by atoms with Crippen LogP contribution in [0.4, 0.5) is 5.69 Å². The van der Waals surface area contributed by atoms with Gasteiger partial charge in [-0.15, -0.1) is 0 Å². The van der Waals surface area contributed by atoms with Gasteiger partial charge in [-0.25, -0.2) is 0 Å². The van der Waals surface area contributed by atoms with Crippen LogP contribution < -0.4 is 0 Å². The van der Waals surface area contributed by atoms with Crippen molar-refractivity contribution in [3.05, 3.63) is 76.0 Å². The summed E-state index contributed by atoms with van der Waals surface area (Å²) in [6.45, 7) is 0.423. The highest BCUT2D eigenvalue weighted by Gasteiger charge is 2.13. The average molecular weight is 277 g/mol. The molecule has 0 N–H and O–H groups in total. The summed E-state index contributed by atoms with van der Waals surface area (Å²) in [5.74, 6) is 0. The molecule has 0 aliphatic rings. The number of hydrogen-bond donors (Lipinski definition) is 0. The first-order valence-electron chi connectivity index (χ1n) is 6.40. The van der Waals surface area contributed by atoms with Crippen LogP contribution >= 0.6 is 0 Å². The zero-order valence-electron chi connectivity index (χ0n) is 11.1. The van der Waals surface area contributed by atoms with Gasteiger partial charge in [0.25, 0.3) is 5.69 Å². The third-order valence-electron chi connectivity index (χ3n) is 3.43. The number of fused-ring (bicyclic) bond motifs is 1. The standard InChI is InChI=1S/C16H11N3O2/c17-10-12-5-6-15-13(9-12)7-8-18(15)11-14-3-1-2-4-16(14)19(20)21/h1-9H,11H2. The predicted molar refractivity (Wildman–Crippen MR) is 78.9 cm³/mol. The first-order chi connectivity index (χ1) is 10.2. The summed E-state index contributed by atoms with van der Waals surface area (Å²) in [5, 5.41) is 20.9. The minimum Gasteiger partial charge on any atom is -0.343 e. The number of para-hydroxylation sites is 1. The Balaban J connectivity index is 2.03. The fourth-order valence-electron chi connectivity index (χ4n) is 2.41. The average Bonchev–Trinajstić information content (AvgIpc) is 2.90. The van der Waals surface area contributed by atoms with Crippen molar-refractivity contribution in [1.82, 2.24) is 4.57 Å². The minimum atomic E-state index is -0.366. The molecule has 5 nitrogen and oxygen atoms in total. The maximum absolute atomic E-state index is 11.1. The number of rotatable bonds is 3. The first-order valence-corrected chi connectivity index (χ1v) is 6.40. The number of nitrogens with zero attached hydrogens (tertiary/aromatic N) is 3. The molecule has 0 aliphatic heterocycles. The Kier molecular flexibility index (Phi) is 3.13. The van der Waals surface area contributed by atoms with Gasteiger partial charge in [-0.2, -0.15) is 5.26 Å². The number of nitro benzene ring substituents is 1. The lowest BCUT2D eigenvalue weighted by molar-refractivity contribution is -0.385. The molecule has 1 aromatic heterocycles. The van der Waals surface area contributed by atoms with Gasteiger partial charge in [0.1, 0.15) is 0 Å². The quantitative estimate of drug-likeness (QED) is 0.543. The largest absolute Gasteiger partial charge is 0.343 e. The molecular formula is C16H11N3O2. The van der Waals surface area contributed by atoms with E-state index in [1.54, 1.807) is 24.3 Å². The van der Waals surface area contributed by atoms with Gasteiger partial charge in [0.15, 0.2) is 0 Å². The number of nitro groups is 1. The highest BCUT2D eigenvalue weighted by molar-refractivity contribution is 5.81. The van der Waals surface area contributed by atoms with Crippen LogP contribution in [-0.4, -0.2) is 9.49 Å². The van der Waals surface area contributed by atoms with Crippen LogP contribution in [0.25, 0.3) is 10.9 Å². The SMILES string of the molecule is N#Cc1ccc2c(ccn2Cc2ccccc2[N+](=O)[O-])c1. The van der Waals surface area contributed by atoms with Crippen molar-refractivity contribution >= 4 is 16.6 Å². The van der Waals surface area contributed by atoms with Gasteiger partial charge in [-0.3, -0.25) is 10.1 Å². The molecule has 0 atom stereocenters. The highest BCUT2D eigenvalue weighted by atomic mass is 16.6. The minimum absolute atomic E-state index is 0.119. The molecule has 0 bridgehead atoms. The number of nitriles is 1. The van der Waals surface area contributed by atoms with E-state index in [1.807, 2.05) is 29.0 Å². The van der Waals surface area contributed by atoms with Crippen LogP contribution in [-0.2, 0) is 6.54 Å². The van der Waals surface area contributed by atoms with Crippen LogP contribution in [0.3, 0.4) is 0 Å². The molecular weight excluding hydrogens is 266 g/mol. The number of aromatic nitrogens is 1. The number of hydrogen-bond acceptors (Lipinski definition) is 3. The molecule has 0 amide bonds. The summed E-state index contributed by atoms with van der Waals surface area (Å²) in [7, 11) is 0. The van der Waals surface area contributed by atoms with Crippen LogP contribution in [0.15, 0.2) is 54.7 Å². The van der Waals surface area contributed by atoms with Crippen molar-refractivity contribution in [3.8, 4) is 6.07 Å². The van der Waals surface area contributed by atoms with Crippen molar-refractivity contribution in [2.75, 3.05) is 0 Å². The lowest BCUT2D eigenvalue weighted by Gasteiger charge is -2.06. The molecule has 5 heteroatoms. The van der Waals surface area contributed by atoms with Crippen molar-refractivity contribution in [2.45, 2.75) is 6.54 Å². The third-order valence-corrected chi connectivity index (χ3v) is 3.43. The third kappa shape index (κ3) is 2.35. The summed E-state index contributed by atoms with van der Waals surface area (Å²) >= 11 is 0. The maximum atomic E-state index is 11.1. The Morgan fingerprint density at radius 1 is 1.19 bits per heavy atom. The van der Waals surface area contributed by atoms with Crippen molar-refractivity contribution in [3.63, 3.8) is 0 Å². The maximum Gasteiger partial charge on any atom is 0.274 e. The van der Waals surface area contributed by atoms with E-state index in [0.717, 1.165) is 10.9 Å². The van der Waals surface area contributed by atoms with E-state index in [2.05, 4.69) is 6.07 Å². The summed E-state index contributed by atoms with van der Waals surface area (Å²) in [4.78, 5) is 10.7. The molecule has 1 heterocycles. The molecule has 0 saturated carbocycles. The van der Waals surface area contributed by atoms with E-state index in [-0.39, 0.29) is 10.6 Å². The van der Waals surface area contributed by atoms with E-state index in [4.69, 9.17) is 5.26 Å². The molecule has 102 valence electrons. The zero-order chi connectivity index (χ0) is 14.8. The van der Waals surface area contributed by atoms with Gasteiger partial charge in [0, 0.05) is 28.7 Å². The topological polar surface area (TPSA) is 71.9 Å². The van der Waals surface area contributed by atoms with Gasteiger partial charge in [-0.05, 0) is 24.3 Å². The van der Waals surface area contributed by atoms with Gasteiger partial charge >= 0.3 is 0 Å². The Hall–Kier alpha value is -3.13. The summed E-state index contributed by atoms with van der Waals surface area (Å²) in [6, 6.07) is 16.2. The van der Waals surface area contributed by atoms with Crippen molar-refractivity contribution in [2.24, 2.45) is 0 Å². The van der Waals surface area contributed by atoms with Crippen LogP contribution in [0.2, 0.25) is 0 Å². The summed E-state index contributed by atoms with van der Waals surface area (Å²) in [5.41, 5.74) is 2.33. The first kappa shape index (κ1) is 12.9. The van der Waals surface area contributed by atoms with E-state index in [9.17, 15) is 10.1 Å². The Morgan fingerprint density at radius 3 is 2.76 bits per heavy atom.